The fraction of sp³-hybridized carbons (Fsp3) is 0.500. The molecule has 0 bridgehead atoms. The average Bonchev–Trinajstić information content (AvgIpc) is 2.88. The fourth-order valence-electron chi connectivity index (χ4n) is 1.73. The zero-order chi connectivity index (χ0) is 13.7. The van der Waals surface area contributed by atoms with Gasteiger partial charge in [-0.1, -0.05) is 39.0 Å². The number of benzene rings is 1. The van der Waals surface area contributed by atoms with Gasteiger partial charge in [-0.3, -0.25) is 0 Å². The second-order valence-corrected chi connectivity index (χ2v) is 5.19. The Kier molecular flexibility index (Phi) is 4.63. The van der Waals surface area contributed by atoms with Gasteiger partial charge >= 0.3 is 0 Å². The van der Waals surface area contributed by atoms with Gasteiger partial charge in [0.1, 0.15) is 0 Å². The molecule has 0 saturated carbocycles. The molecule has 0 spiro atoms. The first-order valence-electron chi connectivity index (χ1n) is 6.72. The highest BCUT2D eigenvalue weighted by atomic mass is 15.5. The number of hydrogen-bond donors (Lipinski definition) is 1. The van der Waals surface area contributed by atoms with Crippen LogP contribution >= 0.6 is 0 Å². The lowest BCUT2D eigenvalue weighted by Crippen LogP contribution is -2.25. The lowest BCUT2D eigenvalue weighted by atomic mass is 9.98. The third-order valence-electron chi connectivity index (χ3n) is 3.42. The zero-order valence-corrected chi connectivity index (χ0v) is 11.7. The molecule has 19 heavy (non-hydrogen) atoms. The number of aromatic nitrogens is 4. The lowest BCUT2D eigenvalue weighted by molar-refractivity contribution is 0.390. The minimum Gasteiger partial charge on any atom is -0.310 e. The van der Waals surface area contributed by atoms with Crippen LogP contribution in [0, 0.1) is 11.8 Å². The molecule has 0 fully saturated rings. The zero-order valence-electron chi connectivity index (χ0n) is 11.7. The minimum atomic E-state index is 0.640. The molecule has 102 valence electrons. The van der Waals surface area contributed by atoms with E-state index in [4.69, 9.17) is 0 Å². The first kappa shape index (κ1) is 13.7. The van der Waals surface area contributed by atoms with Gasteiger partial charge in [0.2, 0.25) is 0 Å². The summed E-state index contributed by atoms with van der Waals surface area (Å²) in [5.74, 6) is 2.15. The maximum atomic E-state index is 4.07. The van der Waals surface area contributed by atoms with Crippen molar-refractivity contribution in [1.29, 1.82) is 0 Å². The van der Waals surface area contributed by atoms with Gasteiger partial charge in [0.15, 0.2) is 5.82 Å². The molecule has 0 radical (unpaired) electrons. The maximum absolute atomic E-state index is 4.07. The van der Waals surface area contributed by atoms with Gasteiger partial charge < -0.3 is 5.32 Å². The van der Waals surface area contributed by atoms with Crippen molar-refractivity contribution in [2.24, 2.45) is 11.8 Å². The molecule has 1 N–H and O–H groups in total. The summed E-state index contributed by atoms with van der Waals surface area (Å²) in [6.45, 7) is 8.37. The summed E-state index contributed by atoms with van der Waals surface area (Å²) in [6.07, 6.45) is 0. The molecule has 0 aliphatic rings. The van der Waals surface area contributed by atoms with E-state index in [2.05, 4.69) is 41.6 Å². The Hall–Kier alpha value is -1.75. The van der Waals surface area contributed by atoms with E-state index in [0.717, 1.165) is 18.1 Å². The van der Waals surface area contributed by atoms with Crippen LogP contribution in [0.1, 0.15) is 26.6 Å². The molecule has 0 saturated heterocycles. The summed E-state index contributed by atoms with van der Waals surface area (Å²) in [5.41, 5.74) is 0.987. The maximum Gasteiger partial charge on any atom is 0.170 e. The van der Waals surface area contributed by atoms with Crippen LogP contribution in [0.5, 0.6) is 0 Å². The molecule has 0 aliphatic heterocycles. The van der Waals surface area contributed by atoms with E-state index in [1.165, 1.54) is 0 Å². The number of para-hydroxylation sites is 1. The number of hydrogen-bond acceptors (Lipinski definition) is 4. The van der Waals surface area contributed by atoms with E-state index < -0.39 is 0 Å². The summed E-state index contributed by atoms with van der Waals surface area (Å²) in [4.78, 5) is 0. The molecule has 5 nitrogen and oxygen atoms in total. The van der Waals surface area contributed by atoms with Gasteiger partial charge in [0, 0.05) is 0 Å². The molecule has 0 amide bonds. The van der Waals surface area contributed by atoms with Crippen molar-refractivity contribution in [3.05, 3.63) is 36.2 Å². The van der Waals surface area contributed by atoms with Crippen molar-refractivity contribution in [3.63, 3.8) is 0 Å². The molecular weight excluding hydrogens is 238 g/mol. The van der Waals surface area contributed by atoms with Crippen molar-refractivity contribution in [1.82, 2.24) is 25.5 Å². The molecule has 2 rings (SSSR count). The highest BCUT2D eigenvalue weighted by molar-refractivity contribution is 5.30. The predicted molar refractivity (Wildman–Crippen MR) is 74.9 cm³/mol. The third-order valence-corrected chi connectivity index (χ3v) is 3.42. The number of rotatable bonds is 6. The molecule has 1 unspecified atom stereocenters. The molecule has 1 atom stereocenters. The van der Waals surface area contributed by atoms with E-state index in [0.29, 0.717) is 18.4 Å². The van der Waals surface area contributed by atoms with Crippen molar-refractivity contribution in [3.8, 4) is 5.69 Å². The summed E-state index contributed by atoms with van der Waals surface area (Å²) in [5, 5.41) is 15.3. The van der Waals surface area contributed by atoms with E-state index in [1.807, 2.05) is 30.3 Å². The Morgan fingerprint density at radius 1 is 1.16 bits per heavy atom. The lowest BCUT2D eigenvalue weighted by Gasteiger charge is -2.15. The average molecular weight is 259 g/mol. The predicted octanol–water partition coefficient (Wildman–Crippen LogP) is 2.04. The van der Waals surface area contributed by atoms with Crippen LogP contribution in [-0.4, -0.2) is 26.8 Å². The SMILES string of the molecule is CC(C)C(C)CNCc1nnnn1-c1ccccc1. The smallest absolute Gasteiger partial charge is 0.170 e. The largest absolute Gasteiger partial charge is 0.310 e. The second-order valence-electron chi connectivity index (χ2n) is 5.19. The molecular formula is C14H21N5. The monoisotopic (exact) mass is 259 g/mol. The normalized spacial score (nSPS) is 12.8. The van der Waals surface area contributed by atoms with E-state index in [9.17, 15) is 0 Å². The standard InChI is InChI=1S/C14H21N5/c1-11(2)12(3)9-15-10-14-16-17-18-19(14)13-7-5-4-6-8-13/h4-8,11-12,15H,9-10H2,1-3H3. The van der Waals surface area contributed by atoms with Gasteiger partial charge in [-0.2, -0.15) is 4.68 Å². The Morgan fingerprint density at radius 2 is 1.89 bits per heavy atom. The summed E-state index contributed by atoms with van der Waals surface area (Å²) >= 11 is 0. The van der Waals surface area contributed by atoms with Gasteiger partial charge in [-0.05, 0) is 40.9 Å². The number of nitrogens with one attached hydrogen (secondary N) is 1. The van der Waals surface area contributed by atoms with E-state index in [1.54, 1.807) is 4.68 Å². The van der Waals surface area contributed by atoms with Gasteiger partial charge in [0.25, 0.3) is 0 Å². The van der Waals surface area contributed by atoms with Gasteiger partial charge in [-0.15, -0.1) is 5.10 Å². The molecule has 1 heterocycles. The number of nitrogens with zero attached hydrogens (tertiary/aromatic N) is 4. The van der Waals surface area contributed by atoms with Crippen molar-refractivity contribution in [2.75, 3.05) is 6.54 Å². The van der Waals surface area contributed by atoms with Crippen LogP contribution in [0.3, 0.4) is 0 Å². The summed E-state index contributed by atoms with van der Waals surface area (Å²) in [6, 6.07) is 9.94. The van der Waals surface area contributed by atoms with Crippen LogP contribution in [0.25, 0.3) is 5.69 Å². The first-order chi connectivity index (χ1) is 9.18. The van der Waals surface area contributed by atoms with Gasteiger partial charge in [0.05, 0.1) is 12.2 Å². The van der Waals surface area contributed by atoms with Crippen molar-refractivity contribution >= 4 is 0 Å². The van der Waals surface area contributed by atoms with Gasteiger partial charge in [-0.25, -0.2) is 0 Å². The molecule has 5 heteroatoms. The van der Waals surface area contributed by atoms with Crippen LogP contribution in [0.15, 0.2) is 30.3 Å². The molecule has 1 aromatic carbocycles. The Bertz CT molecular complexity index is 492. The van der Waals surface area contributed by atoms with Crippen molar-refractivity contribution in [2.45, 2.75) is 27.3 Å². The highest BCUT2D eigenvalue weighted by Gasteiger charge is 2.10. The summed E-state index contributed by atoms with van der Waals surface area (Å²) in [7, 11) is 0. The quantitative estimate of drug-likeness (QED) is 0.862. The number of tetrazole rings is 1. The van der Waals surface area contributed by atoms with Crippen LogP contribution < -0.4 is 5.32 Å². The van der Waals surface area contributed by atoms with E-state index in [-0.39, 0.29) is 0 Å². The van der Waals surface area contributed by atoms with Crippen molar-refractivity contribution < 1.29 is 0 Å². The van der Waals surface area contributed by atoms with Crippen LogP contribution in [0.4, 0.5) is 0 Å². The topological polar surface area (TPSA) is 55.6 Å². The third kappa shape index (κ3) is 3.61. The Labute approximate surface area is 114 Å². The Balaban J connectivity index is 1.97. The molecule has 1 aromatic heterocycles. The molecule has 0 aliphatic carbocycles. The van der Waals surface area contributed by atoms with Crippen LogP contribution in [-0.2, 0) is 6.54 Å². The second kappa shape index (κ2) is 6.43. The van der Waals surface area contributed by atoms with E-state index >= 15 is 0 Å². The minimum absolute atomic E-state index is 0.640. The summed E-state index contributed by atoms with van der Waals surface area (Å²) < 4.78 is 1.77. The Morgan fingerprint density at radius 3 is 2.58 bits per heavy atom. The molecule has 2 aromatic rings. The first-order valence-corrected chi connectivity index (χ1v) is 6.72. The highest BCUT2D eigenvalue weighted by Crippen LogP contribution is 2.09. The van der Waals surface area contributed by atoms with Crippen LogP contribution in [0.2, 0.25) is 0 Å². The fourth-order valence-corrected chi connectivity index (χ4v) is 1.73.